The molecule has 0 aromatic heterocycles. The standard InChI is InChI=1S/C15H12N2O2/c1-19-17-13-5-3-2-4-12(13)15(18)14(17)10-6-8-11(16)9-7-10/h2-9,16H,1H3/p+1. The molecule has 2 aromatic rings. The SMILES string of the molecule is CO[N+]1=C(c2ccc(N)cc2)C(=O)c2ccccc21. The van der Waals surface area contributed by atoms with Crippen molar-refractivity contribution in [2.45, 2.75) is 0 Å². The molecule has 4 nitrogen and oxygen atoms in total. The number of carbonyl (C=O) groups excluding carboxylic acids is 1. The van der Waals surface area contributed by atoms with Crippen molar-refractivity contribution in [1.82, 2.24) is 0 Å². The molecular formula is C15H13N2O2+. The zero-order valence-corrected chi connectivity index (χ0v) is 10.5. The first-order valence-corrected chi connectivity index (χ1v) is 5.93. The van der Waals surface area contributed by atoms with Crippen LogP contribution >= 0.6 is 0 Å². The number of rotatable bonds is 2. The van der Waals surface area contributed by atoms with Crippen LogP contribution in [0.1, 0.15) is 15.9 Å². The molecule has 0 aliphatic carbocycles. The van der Waals surface area contributed by atoms with Gasteiger partial charge in [-0.05, 0) is 30.3 Å². The zero-order chi connectivity index (χ0) is 13.4. The fourth-order valence-corrected chi connectivity index (χ4v) is 2.26. The fraction of sp³-hybridized carbons (Fsp3) is 0.0667. The molecule has 0 bridgehead atoms. The third kappa shape index (κ3) is 1.69. The highest BCUT2D eigenvalue weighted by Gasteiger charge is 2.40. The molecule has 3 rings (SSSR count). The van der Waals surface area contributed by atoms with Crippen LogP contribution < -0.4 is 5.73 Å². The van der Waals surface area contributed by atoms with Gasteiger partial charge in [0.25, 0.3) is 11.5 Å². The molecule has 0 atom stereocenters. The highest BCUT2D eigenvalue weighted by molar-refractivity contribution is 6.52. The Morgan fingerprint density at radius 2 is 1.74 bits per heavy atom. The van der Waals surface area contributed by atoms with Crippen LogP contribution in [-0.4, -0.2) is 23.3 Å². The molecule has 0 saturated heterocycles. The first-order valence-electron chi connectivity index (χ1n) is 5.93. The van der Waals surface area contributed by atoms with E-state index in [0.29, 0.717) is 17.0 Å². The average molecular weight is 253 g/mol. The van der Waals surface area contributed by atoms with Crippen LogP contribution in [0.5, 0.6) is 0 Å². The van der Waals surface area contributed by atoms with E-state index in [-0.39, 0.29) is 5.78 Å². The molecule has 1 heterocycles. The average Bonchev–Trinajstić information content (AvgIpc) is 2.73. The van der Waals surface area contributed by atoms with Gasteiger partial charge in [0.1, 0.15) is 12.7 Å². The largest absolute Gasteiger partial charge is 0.399 e. The number of carbonyl (C=O) groups is 1. The highest BCUT2D eigenvalue weighted by Crippen LogP contribution is 2.28. The first-order chi connectivity index (χ1) is 9.22. The number of nitrogen functional groups attached to an aromatic ring is 1. The molecule has 1 aliphatic rings. The minimum atomic E-state index is -0.0396. The second kappa shape index (κ2) is 4.24. The summed E-state index contributed by atoms with van der Waals surface area (Å²) in [7, 11) is 1.55. The third-order valence-electron chi connectivity index (χ3n) is 3.15. The number of ketones is 1. The van der Waals surface area contributed by atoms with Crippen LogP contribution in [0, 0.1) is 0 Å². The van der Waals surface area contributed by atoms with Crippen LogP contribution in [0.2, 0.25) is 0 Å². The Kier molecular flexibility index (Phi) is 2.56. The van der Waals surface area contributed by atoms with Crippen molar-refractivity contribution in [3.05, 3.63) is 59.7 Å². The van der Waals surface area contributed by atoms with Crippen LogP contribution in [0.4, 0.5) is 11.4 Å². The molecule has 0 saturated carbocycles. The number of hydrogen-bond acceptors (Lipinski definition) is 3. The number of fused-ring (bicyclic) bond motifs is 1. The molecule has 0 fully saturated rings. The molecule has 0 unspecified atom stereocenters. The van der Waals surface area contributed by atoms with E-state index in [2.05, 4.69) is 0 Å². The summed E-state index contributed by atoms with van der Waals surface area (Å²) in [5.74, 6) is -0.0396. The first kappa shape index (κ1) is 11.5. The van der Waals surface area contributed by atoms with E-state index in [0.717, 1.165) is 11.3 Å². The number of benzene rings is 2. The molecule has 1 aliphatic heterocycles. The Bertz CT molecular complexity index is 688. The predicted molar refractivity (Wildman–Crippen MR) is 72.7 cm³/mol. The fourth-order valence-electron chi connectivity index (χ4n) is 2.26. The number of hydrogen-bond donors (Lipinski definition) is 1. The number of Topliss-reactive ketones (excluding diaryl/α,β-unsaturated/α-hetero) is 1. The molecule has 0 spiro atoms. The maximum Gasteiger partial charge on any atom is 0.313 e. The van der Waals surface area contributed by atoms with Crippen molar-refractivity contribution in [2.75, 3.05) is 12.8 Å². The summed E-state index contributed by atoms with van der Waals surface area (Å²) in [6, 6.07) is 14.6. The summed E-state index contributed by atoms with van der Waals surface area (Å²) < 4.78 is 1.56. The van der Waals surface area contributed by atoms with Gasteiger partial charge in [-0.2, -0.15) is 0 Å². The summed E-state index contributed by atoms with van der Waals surface area (Å²) in [5.41, 5.74) is 9.06. The van der Waals surface area contributed by atoms with Crippen LogP contribution in [0.15, 0.2) is 48.5 Å². The Hall–Kier alpha value is -2.62. The van der Waals surface area contributed by atoms with E-state index in [9.17, 15) is 4.79 Å². The van der Waals surface area contributed by atoms with Gasteiger partial charge in [-0.25, -0.2) is 0 Å². The van der Waals surface area contributed by atoms with Crippen LogP contribution in [-0.2, 0) is 4.84 Å². The van der Waals surface area contributed by atoms with E-state index < -0.39 is 0 Å². The van der Waals surface area contributed by atoms with Gasteiger partial charge in [-0.3, -0.25) is 9.63 Å². The van der Waals surface area contributed by atoms with Crippen molar-refractivity contribution >= 4 is 22.9 Å². The second-order valence-corrected chi connectivity index (χ2v) is 4.29. The minimum absolute atomic E-state index is 0.0396. The summed E-state index contributed by atoms with van der Waals surface area (Å²) in [5, 5.41) is 0. The summed E-state index contributed by atoms with van der Waals surface area (Å²) in [6.45, 7) is 0. The van der Waals surface area contributed by atoms with Gasteiger partial charge in [0.15, 0.2) is 0 Å². The molecule has 94 valence electrons. The smallest absolute Gasteiger partial charge is 0.313 e. The Balaban J connectivity index is 2.20. The van der Waals surface area contributed by atoms with Crippen molar-refractivity contribution in [3.8, 4) is 0 Å². The van der Waals surface area contributed by atoms with Gasteiger partial charge in [0.2, 0.25) is 0 Å². The van der Waals surface area contributed by atoms with Gasteiger partial charge >= 0.3 is 5.71 Å². The molecule has 2 aromatic carbocycles. The quantitative estimate of drug-likeness (QED) is 0.659. The number of anilines is 1. The third-order valence-corrected chi connectivity index (χ3v) is 3.15. The molecule has 0 radical (unpaired) electrons. The molecule has 2 N–H and O–H groups in total. The lowest BCUT2D eigenvalue weighted by Crippen LogP contribution is -2.19. The van der Waals surface area contributed by atoms with E-state index in [4.69, 9.17) is 10.6 Å². The number of nitrogens with zero attached hydrogens (tertiary/aromatic N) is 1. The maximum absolute atomic E-state index is 12.5. The maximum atomic E-state index is 12.5. The normalized spacial score (nSPS) is 13.6. The van der Waals surface area contributed by atoms with E-state index >= 15 is 0 Å². The monoisotopic (exact) mass is 253 g/mol. The predicted octanol–water partition coefficient (Wildman–Crippen LogP) is 2.16. The van der Waals surface area contributed by atoms with Gasteiger partial charge in [-0.15, -0.1) is 0 Å². The molecule has 19 heavy (non-hydrogen) atoms. The van der Waals surface area contributed by atoms with Gasteiger partial charge in [-0.1, -0.05) is 12.1 Å². The zero-order valence-electron chi connectivity index (χ0n) is 10.5. The topological polar surface area (TPSA) is 55.3 Å². The molecular weight excluding hydrogens is 240 g/mol. The number of nitrogens with two attached hydrogens (primary N) is 1. The lowest BCUT2D eigenvalue weighted by atomic mass is 10.0. The van der Waals surface area contributed by atoms with Crippen molar-refractivity contribution < 1.29 is 14.4 Å². The van der Waals surface area contributed by atoms with Gasteiger partial charge in [0, 0.05) is 16.5 Å². The second-order valence-electron chi connectivity index (χ2n) is 4.29. The van der Waals surface area contributed by atoms with Crippen molar-refractivity contribution in [1.29, 1.82) is 0 Å². The van der Waals surface area contributed by atoms with Crippen LogP contribution in [0.25, 0.3) is 0 Å². The van der Waals surface area contributed by atoms with E-state index in [1.165, 1.54) is 0 Å². The molecule has 4 heteroatoms. The molecule has 0 amide bonds. The summed E-state index contributed by atoms with van der Waals surface area (Å²) >= 11 is 0. The van der Waals surface area contributed by atoms with E-state index in [1.54, 1.807) is 30.0 Å². The van der Waals surface area contributed by atoms with Crippen LogP contribution in [0.3, 0.4) is 0 Å². The van der Waals surface area contributed by atoms with Crippen molar-refractivity contribution in [2.24, 2.45) is 0 Å². The summed E-state index contributed by atoms with van der Waals surface area (Å²) in [6.07, 6.45) is 0. The number of para-hydroxylation sites is 1. The Morgan fingerprint density at radius 3 is 2.42 bits per heavy atom. The lowest BCUT2D eigenvalue weighted by Gasteiger charge is -1.98. The van der Waals surface area contributed by atoms with Gasteiger partial charge < -0.3 is 5.73 Å². The lowest BCUT2D eigenvalue weighted by molar-refractivity contribution is -0.717. The summed E-state index contributed by atoms with van der Waals surface area (Å²) in [4.78, 5) is 17.8. The Morgan fingerprint density at radius 1 is 1.05 bits per heavy atom. The highest BCUT2D eigenvalue weighted by atomic mass is 16.7. The van der Waals surface area contributed by atoms with E-state index in [1.807, 2.05) is 30.3 Å². The van der Waals surface area contributed by atoms with Gasteiger partial charge in [0.05, 0.1) is 5.56 Å². The Labute approximate surface area is 110 Å². The minimum Gasteiger partial charge on any atom is -0.399 e. The van der Waals surface area contributed by atoms with Crippen molar-refractivity contribution in [3.63, 3.8) is 0 Å².